The van der Waals surface area contributed by atoms with Gasteiger partial charge in [0.05, 0.1) is 5.41 Å². The van der Waals surface area contributed by atoms with Gasteiger partial charge in [0.2, 0.25) is 0 Å². The predicted molar refractivity (Wildman–Crippen MR) is 118 cm³/mol. The lowest BCUT2D eigenvalue weighted by Gasteiger charge is -2.32. The van der Waals surface area contributed by atoms with Crippen molar-refractivity contribution in [3.8, 4) is 11.3 Å². The highest BCUT2D eigenvalue weighted by atomic mass is 35.5. The predicted octanol–water partition coefficient (Wildman–Crippen LogP) is 6.73. The smallest absolute Gasteiger partial charge is 0.121 e. The van der Waals surface area contributed by atoms with Crippen LogP contribution < -0.4 is 0 Å². The molecule has 4 rings (SSSR count). The van der Waals surface area contributed by atoms with E-state index in [2.05, 4.69) is 60.4 Å². The zero-order valence-corrected chi connectivity index (χ0v) is 17.2. The molecule has 0 atom stereocenters. The molecule has 0 N–H and O–H groups in total. The summed E-state index contributed by atoms with van der Waals surface area (Å²) in [6.45, 7) is 6.29. The summed E-state index contributed by atoms with van der Waals surface area (Å²) >= 11 is 8.19. The van der Waals surface area contributed by atoms with Gasteiger partial charge in [-0.25, -0.2) is 4.98 Å². The number of thiazole rings is 1. The first-order valence-corrected chi connectivity index (χ1v) is 10.3. The fraction of sp³-hybridized carbons (Fsp3) is 0.125. The van der Waals surface area contributed by atoms with E-state index in [1.165, 1.54) is 11.3 Å². The molecule has 28 heavy (non-hydrogen) atoms. The number of nitrogens with zero attached hydrogens (tertiary/aromatic N) is 2. The summed E-state index contributed by atoms with van der Waals surface area (Å²) in [6, 6.07) is 24.8. The molecular weight excluding hydrogens is 384 g/mol. The molecule has 0 saturated carbocycles. The van der Waals surface area contributed by atoms with E-state index in [1.807, 2.05) is 37.4 Å². The molecule has 0 aliphatic rings. The van der Waals surface area contributed by atoms with Crippen LogP contribution in [-0.4, -0.2) is 9.97 Å². The van der Waals surface area contributed by atoms with Crippen LogP contribution in [0.15, 0.2) is 79.0 Å². The van der Waals surface area contributed by atoms with E-state index in [0.717, 1.165) is 33.1 Å². The first-order valence-electron chi connectivity index (χ1n) is 9.15. The van der Waals surface area contributed by atoms with Crippen LogP contribution in [-0.2, 0) is 5.41 Å². The first kappa shape index (κ1) is 18.9. The van der Waals surface area contributed by atoms with Crippen molar-refractivity contribution < 1.29 is 0 Å². The van der Waals surface area contributed by atoms with Gasteiger partial charge in [-0.05, 0) is 36.6 Å². The van der Waals surface area contributed by atoms with Crippen molar-refractivity contribution in [2.75, 3.05) is 0 Å². The fourth-order valence-corrected chi connectivity index (χ4v) is 4.97. The Kier molecular flexibility index (Phi) is 5.29. The van der Waals surface area contributed by atoms with Crippen molar-refractivity contribution in [2.24, 2.45) is 0 Å². The normalized spacial score (nSPS) is 11.5. The third-order valence-electron chi connectivity index (χ3n) is 5.04. The fourth-order valence-electron chi connectivity index (χ4n) is 3.52. The summed E-state index contributed by atoms with van der Waals surface area (Å²) in [4.78, 5) is 9.41. The third-order valence-corrected chi connectivity index (χ3v) is 6.46. The van der Waals surface area contributed by atoms with E-state index in [1.54, 1.807) is 0 Å². The summed E-state index contributed by atoms with van der Waals surface area (Å²) in [5, 5.41) is 0.945. The topological polar surface area (TPSA) is 25.8 Å². The van der Waals surface area contributed by atoms with Crippen LogP contribution in [0.25, 0.3) is 11.3 Å². The number of hydrogen-bond donors (Lipinski definition) is 0. The summed E-state index contributed by atoms with van der Waals surface area (Å²) < 4.78 is 0.672. The quantitative estimate of drug-likeness (QED) is 0.369. The van der Waals surface area contributed by atoms with Crippen LogP contribution in [0.2, 0.25) is 4.34 Å². The van der Waals surface area contributed by atoms with Gasteiger partial charge in [0.1, 0.15) is 15.0 Å². The van der Waals surface area contributed by atoms with Gasteiger partial charge in [-0.2, -0.15) is 0 Å². The molecule has 0 unspecified atom stereocenters. The molecule has 139 valence electrons. The van der Waals surface area contributed by atoms with Crippen LogP contribution in [0.3, 0.4) is 0 Å². The summed E-state index contributed by atoms with van der Waals surface area (Å²) in [7, 11) is 0. The maximum Gasteiger partial charge on any atom is 0.121 e. The SMILES string of the molecule is [CH2]CC(c1ccccc1)(c1ccccc1)c1nc(-c2ccc(C)nc2)c(Cl)s1. The van der Waals surface area contributed by atoms with Crippen molar-refractivity contribution in [1.82, 2.24) is 9.97 Å². The number of halogens is 1. The molecule has 0 spiro atoms. The summed E-state index contributed by atoms with van der Waals surface area (Å²) in [5.74, 6) is 0. The molecule has 0 saturated heterocycles. The Bertz CT molecular complexity index is 1020. The molecule has 4 aromatic rings. The molecule has 0 amide bonds. The molecule has 2 aromatic heterocycles. The number of aryl methyl sites for hydroxylation is 1. The standard InChI is InChI=1S/C24H20ClN2S/c1-3-24(19-10-6-4-7-11-19,20-12-8-5-9-13-20)23-27-21(22(25)28-23)18-15-14-17(2)26-16-18/h4-16H,1,3H2,2H3. The Morgan fingerprint density at radius 1 is 0.929 bits per heavy atom. The van der Waals surface area contributed by atoms with E-state index in [9.17, 15) is 0 Å². The van der Waals surface area contributed by atoms with Crippen LogP contribution in [0.5, 0.6) is 0 Å². The maximum absolute atomic E-state index is 6.67. The average molecular weight is 404 g/mol. The van der Waals surface area contributed by atoms with Crippen molar-refractivity contribution in [2.45, 2.75) is 18.8 Å². The second kappa shape index (κ2) is 7.86. The highest BCUT2D eigenvalue weighted by molar-refractivity contribution is 7.16. The molecule has 0 fully saturated rings. The molecule has 0 aliphatic heterocycles. The monoisotopic (exact) mass is 403 g/mol. The largest absolute Gasteiger partial charge is 0.261 e. The van der Waals surface area contributed by atoms with Gasteiger partial charge in [-0.1, -0.05) is 79.2 Å². The van der Waals surface area contributed by atoms with Gasteiger partial charge >= 0.3 is 0 Å². The summed E-state index contributed by atoms with van der Waals surface area (Å²) in [6.07, 6.45) is 2.47. The van der Waals surface area contributed by atoms with Crippen LogP contribution in [0.1, 0.15) is 28.2 Å². The zero-order valence-electron chi connectivity index (χ0n) is 15.6. The van der Waals surface area contributed by atoms with E-state index in [-0.39, 0.29) is 0 Å². The molecule has 0 aliphatic carbocycles. The van der Waals surface area contributed by atoms with E-state index >= 15 is 0 Å². The van der Waals surface area contributed by atoms with E-state index in [4.69, 9.17) is 16.6 Å². The van der Waals surface area contributed by atoms with Gasteiger partial charge in [0, 0.05) is 17.5 Å². The summed E-state index contributed by atoms with van der Waals surface area (Å²) in [5.41, 5.74) is 4.55. The Morgan fingerprint density at radius 2 is 1.54 bits per heavy atom. The van der Waals surface area contributed by atoms with E-state index in [0.29, 0.717) is 10.8 Å². The molecule has 4 heteroatoms. The van der Waals surface area contributed by atoms with Gasteiger partial charge in [-0.3, -0.25) is 4.98 Å². The number of rotatable bonds is 5. The lowest BCUT2D eigenvalue weighted by molar-refractivity contribution is 0.621. The number of benzene rings is 2. The Labute approximate surface area is 174 Å². The zero-order chi connectivity index (χ0) is 19.6. The van der Waals surface area contributed by atoms with Crippen molar-refractivity contribution >= 4 is 22.9 Å². The van der Waals surface area contributed by atoms with Crippen LogP contribution >= 0.6 is 22.9 Å². The molecule has 1 radical (unpaired) electrons. The highest BCUT2D eigenvalue weighted by Crippen LogP contribution is 2.46. The minimum Gasteiger partial charge on any atom is -0.261 e. The second-order valence-corrected chi connectivity index (χ2v) is 8.32. The van der Waals surface area contributed by atoms with E-state index < -0.39 is 5.41 Å². The average Bonchev–Trinajstić information content (AvgIpc) is 3.13. The van der Waals surface area contributed by atoms with Gasteiger partial charge in [-0.15, -0.1) is 11.3 Å². The first-order chi connectivity index (χ1) is 13.6. The minimum absolute atomic E-state index is 0.451. The lowest BCUT2D eigenvalue weighted by atomic mass is 9.73. The van der Waals surface area contributed by atoms with Crippen molar-refractivity contribution in [3.05, 3.63) is 112 Å². The van der Waals surface area contributed by atoms with Crippen molar-refractivity contribution in [3.63, 3.8) is 0 Å². The Balaban J connectivity index is 1.94. The van der Waals surface area contributed by atoms with Crippen LogP contribution in [0.4, 0.5) is 0 Å². The number of pyridine rings is 1. The second-order valence-electron chi connectivity index (χ2n) is 6.72. The Hall–Kier alpha value is -2.49. The maximum atomic E-state index is 6.67. The van der Waals surface area contributed by atoms with Crippen molar-refractivity contribution in [1.29, 1.82) is 0 Å². The molecule has 2 nitrogen and oxygen atoms in total. The Morgan fingerprint density at radius 3 is 2.04 bits per heavy atom. The van der Waals surface area contributed by atoms with Gasteiger partial charge in [0.15, 0.2) is 0 Å². The number of aromatic nitrogens is 2. The third kappa shape index (κ3) is 3.25. The molecule has 2 heterocycles. The highest BCUT2D eigenvalue weighted by Gasteiger charge is 2.38. The minimum atomic E-state index is -0.451. The van der Waals surface area contributed by atoms with Gasteiger partial charge in [0.25, 0.3) is 0 Å². The molecule has 0 bridgehead atoms. The molecule has 2 aromatic carbocycles. The van der Waals surface area contributed by atoms with Gasteiger partial charge < -0.3 is 0 Å². The lowest BCUT2D eigenvalue weighted by Crippen LogP contribution is -2.28. The van der Waals surface area contributed by atoms with Crippen LogP contribution in [0, 0.1) is 13.8 Å². The number of hydrogen-bond acceptors (Lipinski definition) is 3. The molecular formula is C24H20ClN2S.